The van der Waals surface area contributed by atoms with Crippen molar-refractivity contribution in [1.29, 1.82) is 0 Å². The second kappa shape index (κ2) is 7.23. The lowest BCUT2D eigenvalue weighted by Gasteiger charge is -2.17. The Kier molecular flexibility index (Phi) is 5.06. The molecule has 0 aliphatic carbocycles. The Hall–Kier alpha value is -2.05. The predicted molar refractivity (Wildman–Crippen MR) is 97.1 cm³/mol. The van der Waals surface area contributed by atoms with Crippen LogP contribution in [0, 0.1) is 0 Å². The Bertz CT molecular complexity index is 816. The molecular formula is C17H14BrClN2O3. The van der Waals surface area contributed by atoms with E-state index in [1.165, 1.54) is 6.08 Å². The standard InChI is InChI=1S/C17H14BrClN2O3/c18-15-7-4-12(24-15)5-8-16(22)20-11-3-6-14(13(19)10-11)21-9-1-2-17(21)23/h3-8,10H,1-2,9H2,(H,20,22)/b8-5+. The average Bonchev–Trinajstić information content (AvgIpc) is 3.14. The van der Waals surface area contributed by atoms with Crippen molar-refractivity contribution < 1.29 is 14.0 Å². The van der Waals surface area contributed by atoms with E-state index < -0.39 is 0 Å². The molecule has 1 aromatic heterocycles. The van der Waals surface area contributed by atoms with Gasteiger partial charge in [0.25, 0.3) is 0 Å². The number of halogens is 2. The highest BCUT2D eigenvalue weighted by Crippen LogP contribution is 2.31. The van der Waals surface area contributed by atoms with Crippen LogP contribution in [0.3, 0.4) is 0 Å². The summed E-state index contributed by atoms with van der Waals surface area (Å²) in [4.78, 5) is 25.4. The van der Waals surface area contributed by atoms with Crippen LogP contribution in [0.2, 0.25) is 5.02 Å². The lowest BCUT2D eigenvalue weighted by Crippen LogP contribution is -2.24. The monoisotopic (exact) mass is 408 g/mol. The summed E-state index contributed by atoms with van der Waals surface area (Å²) in [6.45, 7) is 0.672. The lowest BCUT2D eigenvalue weighted by atomic mass is 10.2. The molecule has 0 spiro atoms. The molecule has 5 nitrogen and oxygen atoms in total. The first kappa shape index (κ1) is 16.8. The topological polar surface area (TPSA) is 62.6 Å². The van der Waals surface area contributed by atoms with E-state index in [1.807, 2.05) is 0 Å². The molecule has 0 saturated carbocycles. The van der Waals surface area contributed by atoms with Crippen molar-refractivity contribution in [3.63, 3.8) is 0 Å². The van der Waals surface area contributed by atoms with Crippen LogP contribution in [0.1, 0.15) is 18.6 Å². The van der Waals surface area contributed by atoms with E-state index in [-0.39, 0.29) is 11.8 Å². The summed E-state index contributed by atoms with van der Waals surface area (Å²) < 4.78 is 5.88. The SMILES string of the molecule is O=C(/C=C/c1ccc(Br)o1)Nc1ccc(N2CCCC2=O)c(Cl)c1. The van der Waals surface area contributed by atoms with Crippen LogP contribution in [0.4, 0.5) is 11.4 Å². The number of hydrogen-bond donors (Lipinski definition) is 1. The zero-order chi connectivity index (χ0) is 17.1. The Balaban J connectivity index is 1.67. The van der Waals surface area contributed by atoms with E-state index in [1.54, 1.807) is 41.3 Å². The number of furan rings is 1. The molecular weight excluding hydrogens is 396 g/mol. The number of nitrogens with one attached hydrogen (secondary N) is 1. The number of benzene rings is 1. The maximum absolute atomic E-state index is 11.9. The van der Waals surface area contributed by atoms with Gasteiger partial charge in [0, 0.05) is 24.7 Å². The minimum Gasteiger partial charge on any atom is -0.450 e. The Morgan fingerprint density at radius 1 is 1.33 bits per heavy atom. The molecule has 1 aromatic carbocycles. The first-order valence-electron chi connectivity index (χ1n) is 7.37. The van der Waals surface area contributed by atoms with Gasteiger partial charge in [0.1, 0.15) is 5.76 Å². The van der Waals surface area contributed by atoms with E-state index in [0.717, 1.165) is 6.42 Å². The number of carbonyl (C=O) groups is 2. The smallest absolute Gasteiger partial charge is 0.248 e. The summed E-state index contributed by atoms with van der Waals surface area (Å²) in [7, 11) is 0. The second-order valence-corrected chi connectivity index (χ2v) is 6.47. The third kappa shape index (κ3) is 3.88. The van der Waals surface area contributed by atoms with Crippen LogP contribution in [-0.2, 0) is 9.59 Å². The molecule has 1 saturated heterocycles. The number of rotatable bonds is 4. The fourth-order valence-electron chi connectivity index (χ4n) is 2.47. The van der Waals surface area contributed by atoms with Crippen molar-refractivity contribution >= 4 is 56.8 Å². The van der Waals surface area contributed by atoms with Gasteiger partial charge < -0.3 is 14.6 Å². The molecule has 1 fully saturated rings. The Morgan fingerprint density at radius 3 is 2.79 bits per heavy atom. The van der Waals surface area contributed by atoms with E-state index >= 15 is 0 Å². The largest absolute Gasteiger partial charge is 0.450 e. The fraction of sp³-hybridized carbons (Fsp3) is 0.176. The van der Waals surface area contributed by atoms with E-state index in [9.17, 15) is 9.59 Å². The molecule has 24 heavy (non-hydrogen) atoms. The molecule has 1 aliphatic heterocycles. The molecule has 0 atom stereocenters. The summed E-state index contributed by atoms with van der Waals surface area (Å²) in [6.07, 6.45) is 4.32. The normalized spacial score (nSPS) is 14.6. The molecule has 2 aromatic rings. The summed E-state index contributed by atoms with van der Waals surface area (Å²) in [5, 5.41) is 3.15. The highest BCUT2D eigenvalue weighted by atomic mass is 79.9. The molecule has 7 heteroatoms. The quantitative estimate of drug-likeness (QED) is 0.758. The van der Waals surface area contributed by atoms with Gasteiger partial charge in [-0.2, -0.15) is 0 Å². The van der Waals surface area contributed by atoms with Crippen molar-refractivity contribution in [2.45, 2.75) is 12.8 Å². The second-order valence-electron chi connectivity index (χ2n) is 5.28. The molecule has 124 valence electrons. The van der Waals surface area contributed by atoms with Gasteiger partial charge in [-0.3, -0.25) is 9.59 Å². The van der Waals surface area contributed by atoms with Crippen LogP contribution in [-0.4, -0.2) is 18.4 Å². The van der Waals surface area contributed by atoms with Crippen molar-refractivity contribution in [3.8, 4) is 0 Å². The molecule has 0 bridgehead atoms. The minimum absolute atomic E-state index is 0.0706. The zero-order valence-corrected chi connectivity index (χ0v) is 14.9. The third-order valence-electron chi connectivity index (χ3n) is 3.57. The summed E-state index contributed by atoms with van der Waals surface area (Å²) in [6, 6.07) is 8.59. The lowest BCUT2D eigenvalue weighted by molar-refractivity contribution is -0.117. The predicted octanol–water partition coefficient (Wildman–Crippen LogP) is 4.47. The third-order valence-corrected chi connectivity index (χ3v) is 4.30. The molecule has 0 radical (unpaired) electrons. The summed E-state index contributed by atoms with van der Waals surface area (Å²) >= 11 is 9.45. The van der Waals surface area contributed by atoms with Gasteiger partial charge in [-0.05, 0) is 58.8 Å². The maximum Gasteiger partial charge on any atom is 0.248 e. The van der Waals surface area contributed by atoms with Gasteiger partial charge in [0.2, 0.25) is 11.8 Å². The Morgan fingerprint density at radius 2 is 2.17 bits per heavy atom. The van der Waals surface area contributed by atoms with E-state index in [0.29, 0.717) is 39.8 Å². The summed E-state index contributed by atoms with van der Waals surface area (Å²) in [5.74, 6) is 0.336. The summed E-state index contributed by atoms with van der Waals surface area (Å²) in [5.41, 5.74) is 1.24. The van der Waals surface area contributed by atoms with Crippen molar-refractivity contribution in [3.05, 3.63) is 51.9 Å². The van der Waals surface area contributed by atoms with Gasteiger partial charge in [0.05, 0.1) is 10.7 Å². The van der Waals surface area contributed by atoms with Gasteiger partial charge in [-0.1, -0.05) is 11.6 Å². The van der Waals surface area contributed by atoms with Crippen molar-refractivity contribution in [2.75, 3.05) is 16.8 Å². The first-order chi connectivity index (χ1) is 11.5. The maximum atomic E-state index is 11.9. The molecule has 3 rings (SSSR count). The average molecular weight is 410 g/mol. The van der Waals surface area contributed by atoms with Gasteiger partial charge in [-0.25, -0.2) is 0 Å². The first-order valence-corrected chi connectivity index (χ1v) is 8.54. The van der Waals surface area contributed by atoms with Gasteiger partial charge in [-0.15, -0.1) is 0 Å². The molecule has 2 amide bonds. The molecule has 2 heterocycles. The van der Waals surface area contributed by atoms with Crippen molar-refractivity contribution in [2.24, 2.45) is 0 Å². The zero-order valence-electron chi connectivity index (χ0n) is 12.6. The van der Waals surface area contributed by atoms with Gasteiger partial charge >= 0.3 is 0 Å². The van der Waals surface area contributed by atoms with E-state index in [4.69, 9.17) is 16.0 Å². The highest BCUT2D eigenvalue weighted by Gasteiger charge is 2.23. The van der Waals surface area contributed by atoms with Crippen LogP contribution in [0.15, 0.2) is 45.5 Å². The van der Waals surface area contributed by atoms with Crippen LogP contribution >= 0.6 is 27.5 Å². The number of hydrogen-bond acceptors (Lipinski definition) is 3. The number of nitrogens with zero attached hydrogens (tertiary/aromatic N) is 1. The fourth-order valence-corrected chi connectivity index (χ4v) is 3.07. The van der Waals surface area contributed by atoms with Crippen LogP contribution in [0.25, 0.3) is 6.08 Å². The van der Waals surface area contributed by atoms with Gasteiger partial charge in [0.15, 0.2) is 4.67 Å². The van der Waals surface area contributed by atoms with Crippen molar-refractivity contribution in [1.82, 2.24) is 0 Å². The number of amides is 2. The molecule has 1 aliphatic rings. The van der Waals surface area contributed by atoms with Crippen LogP contribution in [0.5, 0.6) is 0 Å². The number of anilines is 2. The van der Waals surface area contributed by atoms with Crippen LogP contribution < -0.4 is 10.2 Å². The van der Waals surface area contributed by atoms with E-state index in [2.05, 4.69) is 21.2 Å². The highest BCUT2D eigenvalue weighted by molar-refractivity contribution is 9.10. The Labute approximate surface area is 152 Å². The minimum atomic E-state index is -0.302. The molecule has 0 unspecified atom stereocenters. The molecule has 1 N–H and O–H groups in total. The number of carbonyl (C=O) groups excluding carboxylic acids is 2.